The fourth-order valence-corrected chi connectivity index (χ4v) is 3.29. The Labute approximate surface area is 91.9 Å². The maximum absolute atomic E-state index is 3.53. The summed E-state index contributed by atoms with van der Waals surface area (Å²) < 4.78 is 3.67. The van der Waals surface area contributed by atoms with Crippen molar-refractivity contribution in [3.8, 4) is 0 Å². The van der Waals surface area contributed by atoms with E-state index in [9.17, 15) is 0 Å². The van der Waals surface area contributed by atoms with Crippen LogP contribution in [0.25, 0.3) is 10.1 Å². The largest absolute Gasteiger partial charge is 0.139 e. The first-order chi connectivity index (χ1) is 5.68. The van der Waals surface area contributed by atoms with E-state index in [0.29, 0.717) is 0 Å². The molecular formula is C9H6Br2S. The second-order valence-electron chi connectivity index (χ2n) is 2.63. The molecular weight excluding hydrogens is 300 g/mol. The Morgan fingerprint density at radius 3 is 2.50 bits per heavy atom. The number of halogens is 2. The zero-order valence-corrected chi connectivity index (χ0v) is 10.4. The minimum atomic E-state index is 1.17. The van der Waals surface area contributed by atoms with Crippen LogP contribution in [0.1, 0.15) is 4.88 Å². The molecule has 0 nitrogen and oxygen atoms in total. The Morgan fingerprint density at radius 1 is 1.17 bits per heavy atom. The summed E-state index contributed by atoms with van der Waals surface area (Å²) >= 11 is 8.88. The van der Waals surface area contributed by atoms with Gasteiger partial charge in [-0.25, -0.2) is 0 Å². The van der Waals surface area contributed by atoms with Gasteiger partial charge in [0.2, 0.25) is 0 Å². The van der Waals surface area contributed by atoms with Crippen LogP contribution in [0.15, 0.2) is 27.1 Å². The smallest absolute Gasteiger partial charge is 0.0498 e. The third kappa shape index (κ3) is 1.34. The first-order valence-electron chi connectivity index (χ1n) is 3.52. The maximum atomic E-state index is 3.53. The lowest BCUT2D eigenvalue weighted by atomic mass is 10.2. The van der Waals surface area contributed by atoms with Crippen LogP contribution < -0.4 is 0 Å². The van der Waals surface area contributed by atoms with Crippen LogP contribution in [0.2, 0.25) is 0 Å². The highest BCUT2D eigenvalue weighted by Crippen LogP contribution is 2.36. The molecule has 12 heavy (non-hydrogen) atoms. The number of aryl methyl sites for hydroxylation is 1. The lowest BCUT2D eigenvalue weighted by Gasteiger charge is -1.94. The van der Waals surface area contributed by atoms with Crippen molar-refractivity contribution >= 4 is 53.3 Å². The third-order valence-corrected chi connectivity index (χ3v) is 4.40. The van der Waals surface area contributed by atoms with E-state index in [1.807, 2.05) is 11.3 Å². The zero-order valence-electron chi connectivity index (χ0n) is 6.40. The van der Waals surface area contributed by atoms with Gasteiger partial charge in [0.1, 0.15) is 0 Å². The molecule has 62 valence electrons. The topological polar surface area (TPSA) is 0 Å². The first-order valence-corrected chi connectivity index (χ1v) is 5.93. The Morgan fingerprint density at radius 2 is 1.83 bits per heavy atom. The predicted octanol–water partition coefficient (Wildman–Crippen LogP) is 4.73. The van der Waals surface area contributed by atoms with Crippen LogP contribution in [0, 0.1) is 6.92 Å². The lowest BCUT2D eigenvalue weighted by molar-refractivity contribution is 1.65. The minimum Gasteiger partial charge on any atom is -0.139 e. The van der Waals surface area contributed by atoms with E-state index in [4.69, 9.17) is 0 Å². The van der Waals surface area contributed by atoms with Crippen molar-refractivity contribution < 1.29 is 0 Å². The molecule has 1 aromatic heterocycles. The van der Waals surface area contributed by atoms with E-state index < -0.39 is 0 Å². The highest BCUT2D eigenvalue weighted by molar-refractivity contribution is 9.11. The first kappa shape index (κ1) is 8.73. The minimum absolute atomic E-state index is 1.17. The number of fused-ring (bicyclic) bond motifs is 1. The lowest BCUT2D eigenvalue weighted by Crippen LogP contribution is -1.67. The molecule has 0 radical (unpaired) electrons. The van der Waals surface area contributed by atoms with Gasteiger partial charge in [-0.2, -0.15) is 0 Å². The molecule has 0 spiro atoms. The molecule has 1 aromatic carbocycles. The van der Waals surface area contributed by atoms with Gasteiger partial charge in [-0.15, -0.1) is 11.3 Å². The van der Waals surface area contributed by atoms with E-state index in [2.05, 4.69) is 57.0 Å². The molecule has 0 N–H and O–H groups in total. The van der Waals surface area contributed by atoms with Gasteiger partial charge in [-0.1, -0.05) is 15.9 Å². The standard InChI is InChI=1S/C9H6Br2S/c1-5-4-6-7(10)2-3-8(11)9(6)12-5/h2-4H,1H3. The molecule has 0 unspecified atom stereocenters. The van der Waals surface area contributed by atoms with Gasteiger partial charge in [-0.3, -0.25) is 0 Å². The number of hydrogen-bond donors (Lipinski definition) is 0. The average Bonchev–Trinajstić information content (AvgIpc) is 2.41. The van der Waals surface area contributed by atoms with Gasteiger partial charge in [0, 0.05) is 23.9 Å². The molecule has 0 aliphatic rings. The summed E-state index contributed by atoms with van der Waals surface area (Å²) in [7, 11) is 0. The second-order valence-corrected chi connectivity index (χ2v) is 5.59. The third-order valence-electron chi connectivity index (χ3n) is 1.71. The van der Waals surface area contributed by atoms with Crippen LogP contribution in [-0.4, -0.2) is 0 Å². The molecule has 1 heterocycles. The van der Waals surface area contributed by atoms with Crippen molar-refractivity contribution in [3.05, 3.63) is 32.0 Å². The van der Waals surface area contributed by atoms with E-state index in [1.54, 1.807) is 0 Å². The van der Waals surface area contributed by atoms with Gasteiger partial charge in [0.05, 0.1) is 0 Å². The quantitative estimate of drug-likeness (QED) is 0.660. The Bertz CT molecular complexity index is 392. The predicted molar refractivity (Wildman–Crippen MR) is 62.0 cm³/mol. The van der Waals surface area contributed by atoms with Gasteiger partial charge in [0.25, 0.3) is 0 Å². The molecule has 0 atom stereocenters. The van der Waals surface area contributed by atoms with Gasteiger partial charge >= 0.3 is 0 Å². The van der Waals surface area contributed by atoms with Crippen LogP contribution in [0.4, 0.5) is 0 Å². The van der Waals surface area contributed by atoms with Crippen LogP contribution in [0.3, 0.4) is 0 Å². The van der Waals surface area contributed by atoms with Crippen molar-refractivity contribution in [1.29, 1.82) is 0 Å². The average molecular weight is 306 g/mol. The van der Waals surface area contributed by atoms with Crippen molar-refractivity contribution in [2.45, 2.75) is 6.92 Å². The highest BCUT2D eigenvalue weighted by Gasteiger charge is 2.04. The van der Waals surface area contributed by atoms with Gasteiger partial charge in [-0.05, 0) is 41.1 Å². The maximum Gasteiger partial charge on any atom is 0.0498 e. The number of thiophene rings is 1. The summed E-state index contributed by atoms with van der Waals surface area (Å²) in [6.07, 6.45) is 0. The molecule has 0 bridgehead atoms. The van der Waals surface area contributed by atoms with E-state index >= 15 is 0 Å². The van der Waals surface area contributed by atoms with Crippen molar-refractivity contribution in [1.82, 2.24) is 0 Å². The highest BCUT2D eigenvalue weighted by atomic mass is 79.9. The summed E-state index contributed by atoms with van der Waals surface area (Å²) in [5.41, 5.74) is 0. The van der Waals surface area contributed by atoms with E-state index in [0.717, 1.165) is 0 Å². The number of hydrogen-bond acceptors (Lipinski definition) is 1. The summed E-state index contributed by atoms with van der Waals surface area (Å²) in [6, 6.07) is 6.34. The Balaban J connectivity index is 2.93. The molecule has 0 fully saturated rings. The molecule has 0 aliphatic carbocycles. The summed E-state index contributed by atoms with van der Waals surface area (Å²) in [5, 5.41) is 1.30. The second kappa shape index (κ2) is 3.13. The van der Waals surface area contributed by atoms with Gasteiger partial charge < -0.3 is 0 Å². The number of rotatable bonds is 0. The summed E-state index contributed by atoms with van der Waals surface area (Å²) in [5.74, 6) is 0. The van der Waals surface area contributed by atoms with Crippen LogP contribution in [-0.2, 0) is 0 Å². The summed E-state index contributed by atoms with van der Waals surface area (Å²) in [4.78, 5) is 1.35. The fourth-order valence-electron chi connectivity index (χ4n) is 1.18. The monoisotopic (exact) mass is 304 g/mol. The number of benzene rings is 1. The molecule has 2 aromatic rings. The Kier molecular flexibility index (Phi) is 2.27. The molecule has 3 heteroatoms. The van der Waals surface area contributed by atoms with E-state index in [1.165, 1.54) is 23.9 Å². The Hall–Kier alpha value is 0.140. The normalized spacial score (nSPS) is 10.9. The molecule has 2 rings (SSSR count). The van der Waals surface area contributed by atoms with Crippen LogP contribution >= 0.6 is 43.2 Å². The molecule has 0 saturated carbocycles. The molecule has 0 saturated heterocycles. The SMILES string of the molecule is Cc1cc2c(Br)ccc(Br)c2s1. The van der Waals surface area contributed by atoms with Crippen molar-refractivity contribution in [2.24, 2.45) is 0 Å². The van der Waals surface area contributed by atoms with Gasteiger partial charge in [0.15, 0.2) is 0 Å². The van der Waals surface area contributed by atoms with E-state index in [-0.39, 0.29) is 0 Å². The molecule has 0 aliphatic heterocycles. The van der Waals surface area contributed by atoms with Crippen LogP contribution in [0.5, 0.6) is 0 Å². The fraction of sp³-hybridized carbons (Fsp3) is 0.111. The molecule has 0 amide bonds. The summed E-state index contributed by atoms with van der Waals surface area (Å²) in [6.45, 7) is 2.13. The zero-order chi connectivity index (χ0) is 8.72. The van der Waals surface area contributed by atoms with Crippen molar-refractivity contribution in [3.63, 3.8) is 0 Å². The van der Waals surface area contributed by atoms with Crippen molar-refractivity contribution in [2.75, 3.05) is 0 Å².